The first kappa shape index (κ1) is 15.0. The van der Waals surface area contributed by atoms with Gasteiger partial charge in [0.25, 0.3) is 0 Å². The van der Waals surface area contributed by atoms with Crippen molar-refractivity contribution < 1.29 is 14.4 Å². The molecule has 0 aromatic heterocycles. The molecule has 0 bridgehead atoms. The van der Waals surface area contributed by atoms with Crippen LogP contribution in [0.2, 0.25) is 0 Å². The molecule has 0 aromatic carbocycles. The van der Waals surface area contributed by atoms with Crippen LogP contribution in [-0.2, 0) is 9.59 Å². The van der Waals surface area contributed by atoms with Gasteiger partial charge in [-0.25, -0.2) is 4.79 Å². The van der Waals surface area contributed by atoms with Crippen LogP contribution in [-0.4, -0.2) is 40.3 Å². The first-order chi connectivity index (χ1) is 8.32. The highest BCUT2D eigenvalue weighted by atomic mass is 32.2. The normalized spacial score (nSPS) is 21.2. The number of amides is 4. The van der Waals surface area contributed by atoms with E-state index in [0.717, 1.165) is 11.3 Å². The van der Waals surface area contributed by atoms with Crippen molar-refractivity contribution in [3.63, 3.8) is 0 Å². The Morgan fingerprint density at radius 2 is 1.94 bits per heavy atom. The number of nitrogens with zero attached hydrogens (tertiary/aromatic N) is 1. The molecule has 1 rings (SSSR count). The Balaban J connectivity index is 2.87. The highest BCUT2D eigenvalue weighted by Crippen LogP contribution is 2.25. The first-order valence-electron chi connectivity index (χ1n) is 6.03. The van der Waals surface area contributed by atoms with Gasteiger partial charge >= 0.3 is 6.03 Å². The van der Waals surface area contributed by atoms with Crippen LogP contribution in [0, 0.1) is 5.92 Å². The lowest BCUT2D eigenvalue weighted by Crippen LogP contribution is -2.60. The quantitative estimate of drug-likeness (QED) is 0.772. The summed E-state index contributed by atoms with van der Waals surface area (Å²) in [5.74, 6) is -1.55. The zero-order chi connectivity index (χ0) is 13.9. The molecule has 1 unspecified atom stereocenters. The van der Waals surface area contributed by atoms with Crippen LogP contribution in [0.5, 0.6) is 0 Å². The highest BCUT2D eigenvalue weighted by molar-refractivity contribution is 7.99. The molecule has 6 heteroatoms. The lowest BCUT2D eigenvalue weighted by atomic mass is 9.98. The van der Waals surface area contributed by atoms with Crippen molar-refractivity contribution in [2.24, 2.45) is 5.92 Å². The third-order valence-corrected chi connectivity index (χ3v) is 4.26. The van der Waals surface area contributed by atoms with Crippen LogP contribution in [0.25, 0.3) is 0 Å². The predicted octanol–water partition coefficient (Wildman–Crippen LogP) is 1.62. The molecule has 1 aliphatic rings. The van der Waals surface area contributed by atoms with E-state index < -0.39 is 17.9 Å². The summed E-state index contributed by atoms with van der Waals surface area (Å²) in [5.41, 5.74) is 0. The lowest BCUT2D eigenvalue weighted by molar-refractivity contribution is -0.143. The molecule has 1 heterocycles. The molecule has 0 aliphatic carbocycles. The van der Waals surface area contributed by atoms with Crippen molar-refractivity contribution in [2.75, 3.05) is 12.8 Å². The second kappa shape index (κ2) is 5.73. The molecule has 18 heavy (non-hydrogen) atoms. The second-order valence-electron chi connectivity index (χ2n) is 5.02. The fourth-order valence-electron chi connectivity index (χ4n) is 1.80. The minimum atomic E-state index is -0.717. The number of urea groups is 1. The number of carbonyl (C=O) groups excluding carboxylic acids is 3. The Hall–Kier alpha value is -1.04. The molecule has 0 spiro atoms. The van der Waals surface area contributed by atoms with E-state index in [1.807, 2.05) is 27.0 Å². The Bertz CT molecular complexity index is 368. The van der Waals surface area contributed by atoms with Gasteiger partial charge < -0.3 is 0 Å². The van der Waals surface area contributed by atoms with Crippen molar-refractivity contribution >= 4 is 29.6 Å². The largest absolute Gasteiger partial charge is 0.330 e. The molecular formula is C12H20N2O3S. The zero-order valence-corrected chi connectivity index (χ0v) is 12.1. The number of nitrogens with one attached hydrogen (secondary N) is 1. The van der Waals surface area contributed by atoms with Crippen LogP contribution < -0.4 is 5.32 Å². The third-order valence-electron chi connectivity index (χ3n) is 3.02. The maximum atomic E-state index is 12.2. The summed E-state index contributed by atoms with van der Waals surface area (Å²) in [7, 11) is 0. The molecule has 0 saturated carbocycles. The topological polar surface area (TPSA) is 66.5 Å². The molecule has 4 amide bonds. The Morgan fingerprint density at radius 1 is 1.33 bits per heavy atom. The SMILES string of the molecule is CCCC1C(=O)NC(=O)N(CC(C)(C)SC)C1=O. The van der Waals surface area contributed by atoms with Gasteiger partial charge in [0.1, 0.15) is 5.92 Å². The van der Waals surface area contributed by atoms with Gasteiger partial charge in [-0.2, -0.15) is 11.8 Å². The van der Waals surface area contributed by atoms with E-state index >= 15 is 0 Å². The molecule has 102 valence electrons. The summed E-state index contributed by atoms with van der Waals surface area (Å²) in [6.45, 7) is 6.15. The smallest absolute Gasteiger partial charge is 0.277 e. The Morgan fingerprint density at radius 3 is 2.44 bits per heavy atom. The van der Waals surface area contributed by atoms with Crippen LogP contribution in [0.15, 0.2) is 0 Å². The van der Waals surface area contributed by atoms with E-state index in [2.05, 4.69) is 5.32 Å². The molecule has 1 saturated heterocycles. The standard InChI is InChI=1S/C12H20N2O3S/c1-5-6-8-9(15)13-11(17)14(10(8)16)7-12(2,3)18-4/h8H,5-7H2,1-4H3,(H,13,15,17). The van der Waals surface area contributed by atoms with Gasteiger partial charge in [-0.1, -0.05) is 13.3 Å². The molecule has 1 N–H and O–H groups in total. The van der Waals surface area contributed by atoms with E-state index in [9.17, 15) is 14.4 Å². The van der Waals surface area contributed by atoms with Crippen molar-refractivity contribution in [1.29, 1.82) is 0 Å². The van der Waals surface area contributed by atoms with E-state index in [4.69, 9.17) is 0 Å². The van der Waals surface area contributed by atoms with Crippen molar-refractivity contribution in [3.05, 3.63) is 0 Å². The number of rotatable bonds is 5. The van der Waals surface area contributed by atoms with Crippen molar-refractivity contribution in [1.82, 2.24) is 10.2 Å². The zero-order valence-electron chi connectivity index (χ0n) is 11.3. The summed E-state index contributed by atoms with van der Waals surface area (Å²) in [4.78, 5) is 36.7. The van der Waals surface area contributed by atoms with Gasteiger partial charge in [0, 0.05) is 11.3 Å². The number of hydrogen-bond donors (Lipinski definition) is 1. The summed E-state index contributed by atoms with van der Waals surface area (Å²) in [6.07, 6.45) is 3.15. The van der Waals surface area contributed by atoms with Gasteiger partial charge in [-0.15, -0.1) is 0 Å². The van der Waals surface area contributed by atoms with Gasteiger partial charge in [0.15, 0.2) is 0 Å². The maximum absolute atomic E-state index is 12.2. The number of thioether (sulfide) groups is 1. The minimum Gasteiger partial charge on any atom is -0.277 e. The average Bonchev–Trinajstić information content (AvgIpc) is 2.30. The summed E-state index contributed by atoms with van der Waals surface area (Å²) in [6, 6.07) is -0.598. The fraction of sp³-hybridized carbons (Fsp3) is 0.750. The van der Waals surface area contributed by atoms with Crippen LogP contribution in [0.1, 0.15) is 33.6 Å². The van der Waals surface area contributed by atoms with E-state index in [-0.39, 0.29) is 10.7 Å². The van der Waals surface area contributed by atoms with E-state index in [1.54, 1.807) is 11.8 Å². The molecule has 0 radical (unpaired) electrons. The number of barbiturate groups is 1. The maximum Gasteiger partial charge on any atom is 0.330 e. The van der Waals surface area contributed by atoms with Gasteiger partial charge in [-0.05, 0) is 26.5 Å². The average molecular weight is 272 g/mol. The van der Waals surface area contributed by atoms with Crippen LogP contribution in [0.3, 0.4) is 0 Å². The molecule has 1 fully saturated rings. The second-order valence-corrected chi connectivity index (χ2v) is 6.54. The Kier molecular flexibility index (Phi) is 4.78. The molecule has 0 aromatic rings. The lowest BCUT2D eigenvalue weighted by Gasteiger charge is -2.35. The van der Waals surface area contributed by atoms with E-state index in [1.165, 1.54) is 0 Å². The third kappa shape index (κ3) is 3.25. The minimum absolute atomic E-state index is 0.218. The first-order valence-corrected chi connectivity index (χ1v) is 7.26. The van der Waals surface area contributed by atoms with E-state index in [0.29, 0.717) is 13.0 Å². The Labute approximate surface area is 112 Å². The number of hydrogen-bond acceptors (Lipinski definition) is 4. The predicted molar refractivity (Wildman–Crippen MR) is 71.2 cm³/mol. The number of imide groups is 2. The molecule has 1 atom stereocenters. The molecular weight excluding hydrogens is 252 g/mol. The van der Waals surface area contributed by atoms with Crippen LogP contribution in [0.4, 0.5) is 4.79 Å². The number of carbonyl (C=O) groups is 3. The summed E-state index contributed by atoms with van der Waals surface area (Å²) >= 11 is 1.58. The van der Waals surface area contributed by atoms with Gasteiger partial charge in [0.05, 0.1) is 0 Å². The van der Waals surface area contributed by atoms with Gasteiger partial charge in [0.2, 0.25) is 11.8 Å². The monoisotopic (exact) mass is 272 g/mol. The van der Waals surface area contributed by atoms with Gasteiger partial charge in [-0.3, -0.25) is 19.8 Å². The molecule has 5 nitrogen and oxygen atoms in total. The van der Waals surface area contributed by atoms with Crippen molar-refractivity contribution in [2.45, 2.75) is 38.4 Å². The summed E-state index contributed by atoms with van der Waals surface area (Å²) in [5, 5.41) is 2.26. The highest BCUT2D eigenvalue weighted by Gasteiger charge is 2.41. The van der Waals surface area contributed by atoms with Crippen molar-refractivity contribution in [3.8, 4) is 0 Å². The summed E-state index contributed by atoms with van der Waals surface area (Å²) < 4.78 is -0.218. The molecule has 1 aliphatic heterocycles. The fourth-order valence-corrected chi connectivity index (χ4v) is 2.06. The van der Waals surface area contributed by atoms with Crippen LogP contribution >= 0.6 is 11.8 Å².